The molecular formula is C18H18N4O. The molecule has 5 nitrogen and oxygen atoms in total. The molecule has 0 aliphatic heterocycles. The number of hydrogen-bond donors (Lipinski definition) is 2. The van der Waals surface area contributed by atoms with Gasteiger partial charge in [-0.25, -0.2) is 0 Å². The van der Waals surface area contributed by atoms with Gasteiger partial charge < -0.3 is 5.32 Å². The number of aromatic nitrogens is 3. The maximum absolute atomic E-state index is 12.5. The van der Waals surface area contributed by atoms with Crippen LogP contribution in [-0.4, -0.2) is 27.1 Å². The first-order chi connectivity index (χ1) is 11.3. The molecule has 0 bridgehead atoms. The highest BCUT2D eigenvalue weighted by Gasteiger charge is 2.21. The van der Waals surface area contributed by atoms with Gasteiger partial charge in [0.15, 0.2) is 5.69 Å². The number of nitrogens with one attached hydrogen (secondary N) is 2. The Kier molecular flexibility index (Phi) is 3.54. The van der Waals surface area contributed by atoms with Crippen LogP contribution in [0.1, 0.15) is 36.2 Å². The SMILES string of the molecule is O=C(NC1CCCC1)c1n[nH]c2ccc(-c3cccnc3)cc12. The van der Waals surface area contributed by atoms with Crippen molar-refractivity contribution in [1.29, 1.82) is 0 Å². The second-order valence-electron chi connectivity index (χ2n) is 6.03. The number of aromatic amines is 1. The molecule has 1 fully saturated rings. The molecule has 1 aliphatic rings. The van der Waals surface area contributed by atoms with Crippen LogP contribution in [0.2, 0.25) is 0 Å². The predicted molar refractivity (Wildman–Crippen MR) is 89.0 cm³/mol. The maximum atomic E-state index is 12.5. The zero-order valence-corrected chi connectivity index (χ0v) is 12.7. The lowest BCUT2D eigenvalue weighted by atomic mass is 10.0. The summed E-state index contributed by atoms with van der Waals surface area (Å²) in [4.78, 5) is 16.7. The van der Waals surface area contributed by atoms with Gasteiger partial charge in [-0.1, -0.05) is 25.0 Å². The molecule has 1 aliphatic carbocycles. The molecule has 3 aromatic rings. The Bertz CT molecular complexity index is 835. The average molecular weight is 306 g/mol. The molecule has 2 N–H and O–H groups in total. The molecular weight excluding hydrogens is 288 g/mol. The van der Waals surface area contributed by atoms with E-state index in [0.717, 1.165) is 34.9 Å². The highest BCUT2D eigenvalue weighted by atomic mass is 16.2. The van der Waals surface area contributed by atoms with E-state index in [1.165, 1.54) is 12.8 Å². The quantitative estimate of drug-likeness (QED) is 0.780. The van der Waals surface area contributed by atoms with E-state index in [9.17, 15) is 4.79 Å². The number of H-pyrrole nitrogens is 1. The average Bonchev–Trinajstić information content (AvgIpc) is 3.24. The van der Waals surface area contributed by atoms with Crippen LogP contribution >= 0.6 is 0 Å². The molecule has 116 valence electrons. The van der Waals surface area contributed by atoms with Crippen LogP contribution < -0.4 is 5.32 Å². The van der Waals surface area contributed by atoms with Crippen molar-refractivity contribution in [2.75, 3.05) is 0 Å². The lowest BCUT2D eigenvalue weighted by molar-refractivity contribution is 0.0934. The van der Waals surface area contributed by atoms with Gasteiger partial charge >= 0.3 is 0 Å². The summed E-state index contributed by atoms with van der Waals surface area (Å²) in [6, 6.07) is 10.2. The molecule has 0 unspecified atom stereocenters. The van der Waals surface area contributed by atoms with Crippen molar-refractivity contribution in [2.24, 2.45) is 0 Å². The zero-order valence-electron chi connectivity index (χ0n) is 12.7. The summed E-state index contributed by atoms with van der Waals surface area (Å²) in [5.41, 5.74) is 3.39. The van der Waals surface area contributed by atoms with Crippen molar-refractivity contribution in [3.05, 3.63) is 48.4 Å². The summed E-state index contributed by atoms with van der Waals surface area (Å²) in [5.74, 6) is -0.0912. The molecule has 4 rings (SSSR count). The summed E-state index contributed by atoms with van der Waals surface area (Å²) < 4.78 is 0. The van der Waals surface area contributed by atoms with Gasteiger partial charge in [-0.2, -0.15) is 5.10 Å². The summed E-state index contributed by atoms with van der Waals surface area (Å²) in [6.45, 7) is 0. The summed E-state index contributed by atoms with van der Waals surface area (Å²) >= 11 is 0. The number of fused-ring (bicyclic) bond motifs is 1. The minimum absolute atomic E-state index is 0.0912. The van der Waals surface area contributed by atoms with Gasteiger partial charge in [-0.05, 0) is 36.6 Å². The van der Waals surface area contributed by atoms with Crippen LogP contribution in [0.25, 0.3) is 22.0 Å². The number of amides is 1. The fraction of sp³-hybridized carbons (Fsp3) is 0.278. The third-order valence-corrected chi connectivity index (χ3v) is 4.46. The van der Waals surface area contributed by atoms with E-state index in [1.54, 1.807) is 6.20 Å². The van der Waals surface area contributed by atoms with Gasteiger partial charge in [0, 0.05) is 29.4 Å². The summed E-state index contributed by atoms with van der Waals surface area (Å²) in [6.07, 6.45) is 8.08. The smallest absolute Gasteiger partial charge is 0.272 e. The van der Waals surface area contributed by atoms with E-state index < -0.39 is 0 Å². The molecule has 1 aromatic carbocycles. The van der Waals surface area contributed by atoms with E-state index in [0.29, 0.717) is 5.69 Å². The van der Waals surface area contributed by atoms with Crippen molar-refractivity contribution in [2.45, 2.75) is 31.7 Å². The second kappa shape index (κ2) is 5.83. The lowest BCUT2D eigenvalue weighted by Crippen LogP contribution is -2.32. The van der Waals surface area contributed by atoms with Crippen molar-refractivity contribution < 1.29 is 4.79 Å². The van der Waals surface area contributed by atoms with E-state index >= 15 is 0 Å². The highest BCUT2D eigenvalue weighted by molar-refractivity contribution is 6.05. The Balaban J connectivity index is 1.68. The summed E-state index contributed by atoms with van der Waals surface area (Å²) in [7, 11) is 0. The van der Waals surface area contributed by atoms with Crippen molar-refractivity contribution in [1.82, 2.24) is 20.5 Å². The molecule has 0 saturated heterocycles. The largest absolute Gasteiger partial charge is 0.348 e. The minimum Gasteiger partial charge on any atom is -0.348 e. The second-order valence-corrected chi connectivity index (χ2v) is 6.03. The van der Waals surface area contributed by atoms with Crippen LogP contribution in [0.5, 0.6) is 0 Å². The van der Waals surface area contributed by atoms with Crippen molar-refractivity contribution >= 4 is 16.8 Å². The van der Waals surface area contributed by atoms with Crippen LogP contribution in [0.3, 0.4) is 0 Å². The van der Waals surface area contributed by atoms with Crippen LogP contribution in [0, 0.1) is 0 Å². The molecule has 23 heavy (non-hydrogen) atoms. The first-order valence-electron chi connectivity index (χ1n) is 8.00. The van der Waals surface area contributed by atoms with E-state index in [2.05, 4.69) is 20.5 Å². The monoisotopic (exact) mass is 306 g/mol. The zero-order chi connectivity index (χ0) is 15.6. The Morgan fingerprint density at radius 2 is 2.04 bits per heavy atom. The topological polar surface area (TPSA) is 70.7 Å². The molecule has 1 amide bonds. The van der Waals surface area contributed by atoms with Crippen molar-refractivity contribution in [3.8, 4) is 11.1 Å². The third kappa shape index (κ3) is 2.70. The molecule has 0 atom stereocenters. The van der Waals surface area contributed by atoms with E-state index in [4.69, 9.17) is 0 Å². The standard InChI is InChI=1S/C18H18N4O/c23-18(20-14-5-1-2-6-14)17-15-10-12(7-8-16(15)21-22-17)13-4-3-9-19-11-13/h3-4,7-11,14H,1-2,5-6H2,(H,20,23)(H,21,22). The fourth-order valence-corrected chi connectivity index (χ4v) is 3.22. The highest BCUT2D eigenvalue weighted by Crippen LogP contribution is 2.25. The molecule has 2 heterocycles. The first kappa shape index (κ1) is 13.9. The van der Waals surface area contributed by atoms with Crippen molar-refractivity contribution in [3.63, 3.8) is 0 Å². The third-order valence-electron chi connectivity index (χ3n) is 4.46. The lowest BCUT2D eigenvalue weighted by Gasteiger charge is -2.10. The number of carbonyl (C=O) groups is 1. The molecule has 5 heteroatoms. The van der Waals surface area contributed by atoms with Gasteiger partial charge in [-0.3, -0.25) is 14.9 Å². The van der Waals surface area contributed by atoms with Crippen LogP contribution in [0.15, 0.2) is 42.7 Å². The molecule has 0 spiro atoms. The molecule has 1 saturated carbocycles. The van der Waals surface area contributed by atoms with Gasteiger partial charge in [0.1, 0.15) is 0 Å². The Hall–Kier alpha value is -2.69. The summed E-state index contributed by atoms with van der Waals surface area (Å²) in [5, 5.41) is 11.1. The predicted octanol–water partition coefficient (Wildman–Crippen LogP) is 3.30. The molecule has 2 aromatic heterocycles. The number of nitrogens with zero attached hydrogens (tertiary/aromatic N) is 2. The fourth-order valence-electron chi connectivity index (χ4n) is 3.22. The number of pyridine rings is 1. The number of rotatable bonds is 3. The first-order valence-corrected chi connectivity index (χ1v) is 8.00. The van der Waals surface area contributed by atoms with Gasteiger partial charge in [0.2, 0.25) is 0 Å². The Morgan fingerprint density at radius 1 is 1.17 bits per heavy atom. The van der Waals surface area contributed by atoms with E-state index in [1.807, 2.05) is 36.5 Å². The molecule has 0 radical (unpaired) electrons. The Labute approximate surface area is 134 Å². The Morgan fingerprint density at radius 3 is 2.83 bits per heavy atom. The van der Waals surface area contributed by atoms with Crippen LogP contribution in [-0.2, 0) is 0 Å². The number of carbonyl (C=O) groups excluding carboxylic acids is 1. The number of benzene rings is 1. The number of hydrogen-bond acceptors (Lipinski definition) is 3. The van der Waals surface area contributed by atoms with Gasteiger partial charge in [0.25, 0.3) is 5.91 Å². The van der Waals surface area contributed by atoms with Crippen LogP contribution in [0.4, 0.5) is 0 Å². The van der Waals surface area contributed by atoms with Gasteiger partial charge in [0.05, 0.1) is 5.52 Å². The normalized spacial score (nSPS) is 15.1. The minimum atomic E-state index is -0.0912. The van der Waals surface area contributed by atoms with E-state index in [-0.39, 0.29) is 11.9 Å². The van der Waals surface area contributed by atoms with Gasteiger partial charge in [-0.15, -0.1) is 0 Å². The maximum Gasteiger partial charge on any atom is 0.272 e.